The van der Waals surface area contributed by atoms with Crippen LogP contribution in [-0.4, -0.2) is 35.9 Å². The summed E-state index contributed by atoms with van der Waals surface area (Å²) in [5.74, 6) is 0.316. The number of aromatic amines is 1. The number of piperidine rings is 1. The largest absolute Gasteiger partial charge is 0.358 e. The van der Waals surface area contributed by atoms with Crippen molar-refractivity contribution in [2.45, 2.75) is 46.6 Å². The highest BCUT2D eigenvalue weighted by Crippen LogP contribution is 2.27. The summed E-state index contributed by atoms with van der Waals surface area (Å²) >= 11 is 0. The Morgan fingerprint density at radius 3 is 2.88 bits per heavy atom. The standard InChI is InChI=1S/C20H29N3O/c1-5-18-14(3)17-10-13(2)9-16(19(17)22-18)11-21-20(24)15-7-6-8-23(4)12-15/h9-10,15,22H,5-8,11-12H2,1-4H3,(H,21,24)/t15-/m0/s1. The lowest BCUT2D eigenvalue weighted by atomic mass is 9.97. The Labute approximate surface area is 144 Å². The summed E-state index contributed by atoms with van der Waals surface area (Å²) in [4.78, 5) is 18.3. The average molecular weight is 327 g/mol. The lowest BCUT2D eigenvalue weighted by Crippen LogP contribution is -2.41. The van der Waals surface area contributed by atoms with Crippen molar-refractivity contribution < 1.29 is 4.79 Å². The summed E-state index contributed by atoms with van der Waals surface area (Å²) in [7, 11) is 2.09. The summed E-state index contributed by atoms with van der Waals surface area (Å²) in [6.07, 6.45) is 3.11. The Balaban J connectivity index is 1.78. The van der Waals surface area contributed by atoms with E-state index in [0.29, 0.717) is 6.54 Å². The highest BCUT2D eigenvalue weighted by molar-refractivity contribution is 5.88. The number of carbonyl (C=O) groups is 1. The van der Waals surface area contributed by atoms with Crippen LogP contribution in [0.3, 0.4) is 0 Å². The molecule has 1 aliphatic rings. The highest BCUT2D eigenvalue weighted by atomic mass is 16.1. The van der Waals surface area contributed by atoms with Crippen LogP contribution in [-0.2, 0) is 17.8 Å². The minimum absolute atomic E-state index is 0.126. The maximum atomic E-state index is 12.5. The maximum Gasteiger partial charge on any atom is 0.224 e. The van der Waals surface area contributed by atoms with Crippen LogP contribution in [0, 0.1) is 19.8 Å². The number of amides is 1. The molecule has 1 aromatic heterocycles. The van der Waals surface area contributed by atoms with Gasteiger partial charge in [0.05, 0.1) is 11.4 Å². The van der Waals surface area contributed by atoms with Crippen LogP contribution in [0.1, 0.15) is 42.1 Å². The number of nitrogens with zero attached hydrogens (tertiary/aromatic N) is 1. The lowest BCUT2D eigenvalue weighted by Gasteiger charge is -2.28. The Morgan fingerprint density at radius 2 is 2.17 bits per heavy atom. The second-order valence-corrected chi connectivity index (χ2v) is 7.25. The monoisotopic (exact) mass is 327 g/mol. The van der Waals surface area contributed by atoms with E-state index in [9.17, 15) is 4.79 Å². The molecule has 1 atom stereocenters. The van der Waals surface area contributed by atoms with Crippen molar-refractivity contribution in [3.8, 4) is 0 Å². The second-order valence-electron chi connectivity index (χ2n) is 7.25. The number of carbonyl (C=O) groups excluding carboxylic acids is 1. The first kappa shape index (κ1) is 17.0. The van der Waals surface area contributed by atoms with Gasteiger partial charge in [0.1, 0.15) is 0 Å². The Kier molecular flexibility index (Phi) is 4.95. The van der Waals surface area contributed by atoms with Gasteiger partial charge in [-0.05, 0) is 63.9 Å². The minimum Gasteiger partial charge on any atom is -0.358 e. The fourth-order valence-electron chi connectivity index (χ4n) is 3.91. The number of hydrogen-bond acceptors (Lipinski definition) is 2. The number of fused-ring (bicyclic) bond motifs is 1. The van der Waals surface area contributed by atoms with Gasteiger partial charge in [0.15, 0.2) is 0 Å². The van der Waals surface area contributed by atoms with Crippen molar-refractivity contribution in [3.63, 3.8) is 0 Å². The van der Waals surface area contributed by atoms with Crippen LogP contribution in [0.15, 0.2) is 12.1 Å². The molecule has 0 spiro atoms. The molecule has 1 amide bonds. The van der Waals surface area contributed by atoms with E-state index in [1.165, 1.54) is 33.3 Å². The molecule has 0 bridgehead atoms. The van der Waals surface area contributed by atoms with E-state index in [1.54, 1.807) is 0 Å². The van der Waals surface area contributed by atoms with Crippen molar-refractivity contribution >= 4 is 16.8 Å². The van der Waals surface area contributed by atoms with Gasteiger partial charge < -0.3 is 15.2 Å². The molecule has 3 rings (SSSR count). The minimum atomic E-state index is 0.126. The molecule has 0 aliphatic carbocycles. The van der Waals surface area contributed by atoms with Gasteiger partial charge in [-0.25, -0.2) is 0 Å². The van der Waals surface area contributed by atoms with Crippen LogP contribution in [0.25, 0.3) is 10.9 Å². The summed E-state index contributed by atoms with van der Waals surface area (Å²) < 4.78 is 0. The van der Waals surface area contributed by atoms with Gasteiger partial charge in [0.2, 0.25) is 5.91 Å². The van der Waals surface area contributed by atoms with Crippen LogP contribution in [0.2, 0.25) is 0 Å². The van der Waals surface area contributed by atoms with E-state index in [1.807, 2.05) is 0 Å². The van der Waals surface area contributed by atoms with Gasteiger partial charge in [-0.15, -0.1) is 0 Å². The molecular formula is C20H29N3O. The third-order valence-electron chi connectivity index (χ3n) is 5.30. The number of rotatable bonds is 4. The molecule has 0 unspecified atom stereocenters. The highest BCUT2D eigenvalue weighted by Gasteiger charge is 2.23. The first-order valence-corrected chi connectivity index (χ1v) is 9.06. The number of aromatic nitrogens is 1. The van der Waals surface area contributed by atoms with Gasteiger partial charge in [0.25, 0.3) is 0 Å². The van der Waals surface area contributed by atoms with Gasteiger partial charge in [-0.1, -0.05) is 18.6 Å². The smallest absolute Gasteiger partial charge is 0.224 e. The van der Waals surface area contributed by atoms with E-state index < -0.39 is 0 Å². The topological polar surface area (TPSA) is 48.1 Å². The lowest BCUT2D eigenvalue weighted by molar-refractivity contribution is -0.126. The van der Waals surface area contributed by atoms with Gasteiger partial charge in [0, 0.05) is 24.2 Å². The number of nitrogens with one attached hydrogen (secondary N) is 2. The van der Waals surface area contributed by atoms with E-state index in [0.717, 1.165) is 32.4 Å². The van der Waals surface area contributed by atoms with Gasteiger partial charge in [-0.2, -0.15) is 0 Å². The predicted molar refractivity (Wildman–Crippen MR) is 99.2 cm³/mol. The molecular weight excluding hydrogens is 298 g/mol. The molecule has 1 aliphatic heterocycles. The molecule has 2 N–H and O–H groups in total. The van der Waals surface area contributed by atoms with Crippen LogP contribution >= 0.6 is 0 Å². The predicted octanol–water partition coefficient (Wildman–Crippen LogP) is 3.31. The maximum absolute atomic E-state index is 12.5. The van der Waals surface area contributed by atoms with Gasteiger partial charge in [-0.3, -0.25) is 4.79 Å². The fraction of sp³-hybridized carbons (Fsp3) is 0.550. The SMILES string of the molecule is CCc1[nH]c2c(CNC(=O)[C@H]3CCCN(C)C3)cc(C)cc2c1C. The Hall–Kier alpha value is -1.81. The zero-order chi connectivity index (χ0) is 17.3. The Morgan fingerprint density at radius 1 is 1.38 bits per heavy atom. The third kappa shape index (κ3) is 3.34. The zero-order valence-corrected chi connectivity index (χ0v) is 15.3. The summed E-state index contributed by atoms with van der Waals surface area (Å²) in [6.45, 7) is 9.04. The zero-order valence-electron chi connectivity index (χ0n) is 15.3. The quantitative estimate of drug-likeness (QED) is 0.905. The normalized spacial score (nSPS) is 18.9. The number of benzene rings is 1. The van der Waals surface area contributed by atoms with Crippen LogP contribution in [0.5, 0.6) is 0 Å². The van der Waals surface area contributed by atoms with Gasteiger partial charge >= 0.3 is 0 Å². The van der Waals surface area contributed by atoms with E-state index in [-0.39, 0.29) is 11.8 Å². The summed E-state index contributed by atoms with van der Waals surface area (Å²) in [6, 6.07) is 4.42. The number of H-pyrrole nitrogens is 1. The molecule has 1 saturated heterocycles. The molecule has 24 heavy (non-hydrogen) atoms. The molecule has 0 saturated carbocycles. The molecule has 2 aromatic rings. The van der Waals surface area contributed by atoms with Crippen molar-refractivity contribution in [1.29, 1.82) is 0 Å². The van der Waals surface area contributed by atoms with E-state index in [4.69, 9.17) is 0 Å². The molecule has 2 heterocycles. The molecule has 1 fully saturated rings. The molecule has 130 valence electrons. The summed E-state index contributed by atoms with van der Waals surface area (Å²) in [5, 5.41) is 4.46. The van der Waals surface area contributed by atoms with Crippen molar-refractivity contribution in [2.24, 2.45) is 5.92 Å². The fourth-order valence-corrected chi connectivity index (χ4v) is 3.91. The average Bonchev–Trinajstić information content (AvgIpc) is 2.88. The van der Waals surface area contributed by atoms with E-state index >= 15 is 0 Å². The van der Waals surface area contributed by atoms with Crippen LogP contribution < -0.4 is 5.32 Å². The van der Waals surface area contributed by atoms with Crippen LogP contribution in [0.4, 0.5) is 0 Å². The second kappa shape index (κ2) is 6.98. The molecule has 1 aromatic carbocycles. The summed E-state index contributed by atoms with van der Waals surface area (Å²) in [5.41, 5.74) is 6.23. The number of hydrogen-bond donors (Lipinski definition) is 2. The number of aryl methyl sites for hydroxylation is 3. The first-order chi connectivity index (χ1) is 11.5. The molecule has 4 heteroatoms. The molecule has 4 nitrogen and oxygen atoms in total. The van der Waals surface area contributed by atoms with Crippen molar-refractivity contribution in [1.82, 2.24) is 15.2 Å². The third-order valence-corrected chi connectivity index (χ3v) is 5.30. The van der Waals surface area contributed by atoms with Crippen molar-refractivity contribution in [2.75, 3.05) is 20.1 Å². The van der Waals surface area contributed by atoms with E-state index in [2.05, 4.69) is 55.2 Å². The molecule has 0 radical (unpaired) electrons. The van der Waals surface area contributed by atoms with Crippen molar-refractivity contribution in [3.05, 3.63) is 34.5 Å². The first-order valence-electron chi connectivity index (χ1n) is 9.06. The Bertz CT molecular complexity index is 747. The number of likely N-dealkylation sites (tertiary alicyclic amines) is 1.